The van der Waals surface area contributed by atoms with Crippen molar-refractivity contribution in [2.45, 2.75) is 6.42 Å². The molecule has 0 aliphatic rings. The highest BCUT2D eigenvalue weighted by atomic mass is 35.5. The minimum absolute atomic E-state index is 0.133. The smallest absolute Gasteiger partial charge is 0.336 e. The lowest BCUT2D eigenvalue weighted by atomic mass is 10.1. The number of ether oxygens (including phenoxy) is 1. The molecule has 0 amide bonds. The molecule has 0 saturated carbocycles. The first-order valence-electron chi connectivity index (χ1n) is 6.59. The normalized spacial score (nSPS) is 10.6. The molecular formula is C17H11ClO4. The predicted molar refractivity (Wildman–Crippen MR) is 83.3 cm³/mol. The van der Waals surface area contributed by atoms with Gasteiger partial charge in [-0.2, -0.15) is 0 Å². The van der Waals surface area contributed by atoms with E-state index in [-0.39, 0.29) is 6.42 Å². The van der Waals surface area contributed by atoms with Gasteiger partial charge in [0, 0.05) is 22.5 Å². The van der Waals surface area contributed by atoms with Crippen molar-refractivity contribution in [1.82, 2.24) is 0 Å². The second kappa shape index (κ2) is 6.03. The molecular weight excluding hydrogens is 304 g/mol. The van der Waals surface area contributed by atoms with Crippen LogP contribution in [0.1, 0.15) is 5.56 Å². The van der Waals surface area contributed by atoms with Crippen molar-refractivity contribution in [1.29, 1.82) is 0 Å². The lowest BCUT2D eigenvalue weighted by Crippen LogP contribution is -2.11. The summed E-state index contributed by atoms with van der Waals surface area (Å²) in [4.78, 5) is 23.1. The highest BCUT2D eigenvalue weighted by Crippen LogP contribution is 2.20. The van der Waals surface area contributed by atoms with Gasteiger partial charge in [0.25, 0.3) is 0 Å². The second-order valence-electron chi connectivity index (χ2n) is 4.73. The third-order valence-electron chi connectivity index (χ3n) is 3.09. The highest BCUT2D eigenvalue weighted by molar-refractivity contribution is 6.30. The van der Waals surface area contributed by atoms with Crippen LogP contribution >= 0.6 is 11.6 Å². The van der Waals surface area contributed by atoms with Gasteiger partial charge in [-0.3, -0.25) is 4.79 Å². The number of fused-ring (bicyclic) bond motifs is 1. The van der Waals surface area contributed by atoms with Crippen molar-refractivity contribution < 1.29 is 13.9 Å². The van der Waals surface area contributed by atoms with Gasteiger partial charge in [0.2, 0.25) is 0 Å². The maximum Gasteiger partial charge on any atom is 0.336 e. The van der Waals surface area contributed by atoms with Crippen LogP contribution in [0.3, 0.4) is 0 Å². The Labute approximate surface area is 130 Å². The zero-order valence-corrected chi connectivity index (χ0v) is 12.2. The summed E-state index contributed by atoms with van der Waals surface area (Å²) >= 11 is 5.79. The molecule has 3 aromatic rings. The molecule has 22 heavy (non-hydrogen) atoms. The van der Waals surface area contributed by atoms with Crippen LogP contribution in [-0.2, 0) is 11.2 Å². The Hall–Kier alpha value is -2.59. The SMILES string of the molecule is O=C(Cc1ccc(Cl)cc1)Oc1ccc2ccc(=O)oc2c1. The van der Waals surface area contributed by atoms with Crippen molar-refractivity contribution in [3.05, 3.63) is 75.6 Å². The van der Waals surface area contributed by atoms with Gasteiger partial charge in [-0.1, -0.05) is 23.7 Å². The molecule has 0 spiro atoms. The summed E-state index contributed by atoms with van der Waals surface area (Å²) in [5.74, 6) is -0.0687. The lowest BCUT2D eigenvalue weighted by Gasteiger charge is -2.05. The van der Waals surface area contributed by atoms with Gasteiger partial charge in [0.05, 0.1) is 6.42 Å². The third kappa shape index (κ3) is 3.35. The topological polar surface area (TPSA) is 56.5 Å². The van der Waals surface area contributed by atoms with E-state index in [0.29, 0.717) is 16.4 Å². The van der Waals surface area contributed by atoms with Gasteiger partial charge < -0.3 is 9.15 Å². The van der Waals surface area contributed by atoms with Crippen LogP contribution in [0.2, 0.25) is 5.02 Å². The van der Waals surface area contributed by atoms with Gasteiger partial charge in [-0.05, 0) is 35.9 Å². The summed E-state index contributed by atoms with van der Waals surface area (Å²) in [5.41, 5.74) is 0.739. The summed E-state index contributed by atoms with van der Waals surface area (Å²) < 4.78 is 10.3. The molecule has 0 radical (unpaired) electrons. The van der Waals surface area contributed by atoms with Gasteiger partial charge >= 0.3 is 11.6 Å². The van der Waals surface area contributed by atoms with Crippen molar-refractivity contribution in [3.8, 4) is 5.75 Å². The van der Waals surface area contributed by atoms with E-state index in [0.717, 1.165) is 10.9 Å². The average Bonchev–Trinajstić information content (AvgIpc) is 2.49. The molecule has 2 aromatic carbocycles. The standard InChI is InChI=1S/C17H11ClO4/c18-13-5-1-11(2-6-13)9-17(20)21-14-7-3-12-4-8-16(19)22-15(12)10-14/h1-8,10H,9H2. The van der Waals surface area contributed by atoms with Crippen LogP contribution in [0.5, 0.6) is 5.75 Å². The zero-order valence-electron chi connectivity index (χ0n) is 11.4. The largest absolute Gasteiger partial charge is 0.426 e. The first kappa shape index (κ1) is 14.4. The Morgan fingerprint density at radius 1 is 1.05 bits per heavy atom. The number of carbonyl (C=O) groups is 1. The van der Waals surface area contributed by atoms with Crippen LogP contribution in [0, 0.1) is 0 Å². The summed E-state index contributed by atoms with van der Waals surface area (Å²) in [6, 6.07) is 14.9. The maximum atomic E-state index is 11.9. The average molecular weight is 315 g/mol. The Balaban J connectivity index is 1.76. The van der Waals surface area contributed by atoms with Gasteiger partial charge in [-0.15, -0.1) is 0 Å². The molecule has 5 heteroatoms. The maximum absolute atomic E-state index is 11.9. The molecule has 0 bridgehead atoms. The first-order valence-corrected chi connectivity index (χ1v) is 6.97. The molecule has 0 fully saturated rings. The fourth-order valence-corrected chi connectivity index (χ4v) is 2.17. The van der Waals surface area contributed by atoms with E-state index < -0.39 is 11.6 Å². The van der Waals surface area contributed by atoms with Gasteiger partial charge in [0.1, 0.15) is 11.3 Å². The lowest BCUT2D eigenvalue weighted by molar-refractivity contribution is -0.133. The fraction of sp³-hybridized carbons (Fsp3) is 0.0588. The Morgan fingerprint density at radius 2 is 1.77 bits per heavy atom. The molecule has 1 aromatic heterocycles. The molecule has 4 nitrogen and oxygen atoms in total. The Bertz CT molecular complexity index is 881. The molecule has 0 aliphatic carbocycles. The van der Waals surface area contributed by atoms with E-state index in [1.807, 2.05) is 0 Å². The minimum atomic E-state index is -0.447. The molecule has 110 valence electrons. The van der Waals surface area contributed by atoms with Crippen molar-refractivity contribution in [2.24, 2.45) is 0 Å². The molecule has 0 atom stereocenters. The third-order valence-corrected chi connectivity index (χ3v) is 3.34. The van der Waals surface area contributed by atoms with E-state index >= 15 is 0 Å². The van der Waals surface area contributed by atoms with E-state index in [9.17, 15) is 9.59 Å². The molecule has 0 saturated heterocycles. The number of halogens is 1. The quantitative estimate of drug-likeness (QED) is 0.421. The monoisotopic (exact) mass is 314 g/mol. The van der Waals surface area contributed by atoms with E-state index in [4.69, 9.17) is 20.8 Å². The Kier molecular flexibility index (Phi) is 3.94. The van der Waals surface area contributed by atoms with E-state index in [2.05, 4.69) is 0 Å². The van der Waals surface area contributed by atoms with Crippen LogP contribution in [0.15, 0.2) is 63.8 Å². The van der Waals surface area contributed by atoms with Crippen molar-refractivity contribution in [3.63, 3.8) is 0 Å². The Morgan fingerprint density at radius 3 is 2.55 bits per heavy atom. The number of carbonyl (C=O) groups excluding carboxylic acids is 1. The number of esters is 1. The summed E-state index contributed by atoms with van der Waals surface area (Å²) in [5, 5.41) is 1.37. The predicted octanol–water partition coefficient (Wildman–Crippen LogP) is 3.59. The number of benzene rings is 2. The molecule has 0 N–H and O–H groups in total. The number of rotatable bonds is 3. The molecule has 0 unspecified atom stereocenters. The van der Waals surface area contributed by atoms with Crippen LogP contribution in [-0.4, -0.2) is 5.97 Å². The van der Waals surface area contributed by atoms with Crippen LogP contribution < -0.4 is 10.4 Å². The number of hydrogen-bond acceptors (Lipinski definition) is 4. The highest BCUT2D eigenvalue weighted by Gasteiger charge is 2.08. The zero-order chi connectivity index (χ0) is 15.5. The van der Waals surface area contributed by atoms with E-state index in [1.54, 1.807) is 42.5 Å². The van der Waals surface area contributed by atoms with Crippen LogP contribution in [0.25, 0.3) is 11.0 Å². The fourth-order valence-electron chi connectivity index (χ4n) is 2.04. The number of hydrogen-bond donors (Lipinski definition) is 0. The minimum Gasteiger partial charge on any atom is -0.426 e. The van der Waals surface area contributed by atoms with Gasteiger partial charge in [0.15, 0.2) is 0 Å². The van der Waals surface area contributed by atoms with Gasteiger partial charge in [-0.25, -0.2) is 4.79 Å². The molecule has 3 rings (SSSR count). The van der Waals surface area contributed by atoms with Crippen molar-refractivity contribution >= 4 is 28.5 Å². The van der Waals surface area contributed by atoms with Crippen LogP contribution in [0.4, 0.5) is 0 Å². The second-order valence-corrected chi connectivity index (χ2v) is 5.17. The van der Waals surface area contributed by atoms with E-state index in [1.165, 1.54) is 12.1 Å². The molecule has 0 aliphatic heterocycles. The van der Waals surface area contributed by atoms with Crippen molar-refractivity contribution in [2.75, 3.05) is 0 Å². The molecule has 1 heterocycles. The summed E-state index contributed by atoms with van der Waals surface area (Å²) in [6.45, 7) is 0. The summed E-state index contributed by atoms with van der Waals surface area (Å²) in [7, 11) is 0. The first-order chi connectivity index (χ1) is 10.6. The summed E-state index contributed by atoms with van der Waals surface area (Å²) in [6.07, 6.45) is 0.133.